The number of nitrogens with one attached hydrogen (secondary N) is 1. The second-order valence-electron chi connectivity index (χ2n) is 6.85. The quantitative estimate of drug-likeness (QED) is 0.786. The largest absolute Gasteiger partial charge is 0.349 e. The summed E-state index contributed by atoms with van der Waals surface area (Å²) >= 11 is 7.28. The predicted molar refractivity (Wildman–Crippen MR) is 109 cm³/mol. The molecule has 27 heavy (non-hydrogen) atoms. The molecule has 0 aliphatic carbocycles. The fraction of sp³-hybridized carbons (Fsp3) is 0.421. The van der Waals surface area contributed by atoms with E-state index >= 15 is 0 Å². The van der Waals surface area contributed by atoms with E-state index in [2.05, 4.69) is 5.32 Å². The van der Waals surface area contributed by atoms with E-state index in [-0.39, 0.29) is 24.4 Å². The van der Waals surface area contributed by atoms with Gasteiger partial charge in [-0.25, -0.2) is 8.42 Å². The van der Waals surface area contributed by atoms with Crippen LogP contribution in [0.3, 0.4) is 0 Å². The first kappa shape index (κ1) is 20.3. The number of nitrogens with zero attached hydrogens (tertiary/aromatic N) is 1. The third-order valence-corrected chi connectivity index (χ3v) is 8.34. The molecule has 8 heteroatoms. The van der Waals surface area contributed by atoms with Gasteiger partial charge in [-0.3, -0.25) is 4.79 Å². The van der Waals surface area contributed by atoms with Crippen LogP contribution in [0.5, 0.6) is 0 Å². The molecule has 2 heterocycles. The van der Waals surface area contributed by atoms with Gasteiger partial charge in [-0.2, -0.15) is 4.31 Å². The van der Waals surface area contributed by atoms with Gasteiger partial charge in [0.1, 0.15) is 4.21 Å². The minimum Gasteiger partial charge on any atom is -0.349 e. The highest BCUT2D eigenvalue weighted by molar-refractivity contribution is 7.91. The smallest absolute Gasteiger partial charge is 0.252 e. The SMILES string of the molecule is Cc1ccc(S(=O)(=O)N2CCC[C@H](C(=O)N[C@@H](C)c3cccc(Cl)c3)C2)s1. The molecule has 0 bridgehead atoms. The van der Waals surface area contributed by atoms with Crippen LogP contribution in [0.2, 0.25) is 5.02 Å². The Labute approximate surface area is 169 Å². The fourth-order valence-electron chi connectivity index (χ4n) is 3.24. The molecule has 0 unspecified atom stereocenters. The molecule has 146 valence electrons. The van der Waals surface area contributed by atoms with Gasteiger partial charge in [0, 0.05) is 23.0 Å². The summed E-state index contributed by atoms with van der Waals surface area (Å²) in [7, 11) is -3.54. The Bertz CT molecular complexity index is 927. The minimum absolute atomic E-state index is 0.121. The normalized spacial score (nSPS) is 19.6. The van der Waals surface area contributed by atoms with Gasteiger partial charge >= 0.3 is 0 Å². The lowest BCUT2D eigenvalue weighted by atomic mass is 9.98. The van der Waals surface area contributed by atoms with Crippen molar-refractivity contribution < 1.29 is 13.2 Å². The Hall–Kier alpha value is -1.41. The van der Waals surface area contributed by atoms with Crippen LogP contribution in [-0.4, -0.2) is 31.7 Å². The summed E-state index contributed by atoms with van der Waals surface area (Å²) in [6.07, 6.45) is 1.36. The van der Waals surface area contributed by atoms with E-state index in [1.807, 2.05) is 32.0 Å². The van der Waals surface area contributed by atoms with Gasteiger partial charge in [-0.15, -0.1) is 11.3 Å². The number of carbonyl (C=O) groups is 1. The summed E-state index contributed by atoms with van der Waals surface area (Å²) in [4.78, 5) is 13.7. The maximum absolute atomic E-state index is 12.8. The molecular formula is C19H23ClN2O3S2. The average Bonchev–Trinajstić information content (AvgIpc) is 3.09. The number of piperidine rings is 1. The summed E-state index contributed by atoms with van der Waals surface area (Å²) in [6, 6.07) is 10.6. The number of rotatable bonds is 5. The van der Waals surface area contributed by atoms with Crippen molar-refractivity contribution in [1.82, 2.24) is 9.62 Å². The maximum Gasteiger partial charge on any atom is 0.252 e. The Kier molecular flexibility index (Phi) is 6.25. The van der Waals surface area contributed by atoms with E-state index in [1.54, 1.807) is 18.2 Å². The highest BCUT2D eigenvalue weighted by atomic mass is 35.5. The molecule has 0 saturated carbocycles. The molecule has 1 fully saturated rings. The number of sulfonamides is 1. The van der Waals surface area contributed by atoms with E-state index in [0.717, 1.165) is 10.4 Å². The van der Waals surface area contributed by atoms with E-state index in [9.17, 15) is 13.2 Å². The van der Waals surface area contributed by atoms with Gasteiger partial charge in [-0.1, -0.05) is 23.7 Å². The standard InChI is InChI=1S/C19H23ClN2O3S2/c1-13-8-9-18(26-13)27(24,25)22-10-4-6-16(12-22)19(23)21-14(2)15-5-3-7-17(20)11-15/h3,5,7-9,11,14,16H,4,6,10,12H2,1-2H3,(H,21,23)/t14-,16-/m0/s1. The molecular weight excluding hydrogens is 404 g/mol. The van der Waals surface area contributed by atoms with Gasteiger partial charge in [0.2, 0.25) is 5.91 Å². The molecule has 1 aromatic carbocycles. The fourth-order valence-corrected chi connectivity index (χ4v) is 6.40. The van der Waals surface area contributed by atoms with Crippen LogP contribution in [-0.2, 0) is 14.8 Å². The lowest BCUT2D eigenvalue weighted by Gasteiger charge is -2.31. The molecule has 1 N–H and O–H groups in total. The van der Waals surface area contributed by atoms with Crippen LogP contribution in [0.4, 0.5) is 0 Å². The van der Waals surface area contributed by atoms with Gasteiger partial charge < -0.3 is 5.32 Å². The Morgan fingerprint density at radius 3 is 2.78 bits per heavy atom. The molecule has 1 amide bonds. The molecule has 3 rings (SSSR count). The first-order valence-corrected chi connectivity index (χ1v) is 11.5. The van der Waals surface area contributed by atoms with E-state index in [1.165, 1.54) is 15.6 Å². The number of benzene rings is 1. The summed E-state index contributed by atoms with van der Waals surface area (Å²) in [5.41, 5.74) is 0.921. The molecule has 1 aliphatic heterocycles. The van der Waals surface area contributed by atoms with Crippen LogP contribution in [0, 0.1) is 12.8 Å². The van der Waals surface area contributed by atoms with Crippen molar-refractivity contribution in [3.05, 3.63) is 51.9 Å². The van der Waals surface area contributed by atoms with Crippen molar-refractivity contribution in [1.29, 1.82) is 0 Å². The molecule has 0 radical (unpaired) electrons. The van der Waals surface area contributed by atoms with Crippen molar-refractivity contribution in [2.45, 2.75) is 36.9 Å². The predicted octanol–water partition coefficient (Wildman–Crippen LogP) is 3.99. The second-order valence-corrected chi connectivity index (χ2v) is 10.7. The van der Waals surface area contributed by atoms with Crippen molar-refractivity contribution in [3.8, 4) is 0 Å². The average molecular weight is 427 g/mol. The molecule has 0 spiro atoms. The van der Waals surface area contributed by atoms with Crippen LogP contribution in [0.15, 0.2) is 40.6 Å². The maximum atomic E-state index is 12.8. The Morgan fingerprint density at radius 2 is 2.11 bits per heavy atom. The minimum atomic E-state index is -3.54. The van der Waals surface area contributed by atoms with Crippen LogP contribution < -0.4 is 5.32 Å². The zero-order chi connectivity index (χ0) is 19.6. The number of halogens is 1. The monoisotopic (exact) mass is 426 g/mol. The summed E-state index contributed by atoms with van der Waals surface area (Å²) in [5, 5.41) is 3.61. The van der Waals surface area contributed by atoms with Gasteiger partial charge in [0.05, 0.1) is 12.0 Å². The number of thiophene rings is 1. The lowest BCUT2D eigenvalue weighted by Crippen LogP contribution is -2.45. The van der Waals surface area contributed by atoms with Crippen molar-refractivity contribution in [2.75, 3.05) is 13.1 Å². The third kappa shape index (κ3) is 4.71. The molecule has 5 nitrogen and oxygen atoms in total. The third-order valence-electron chi connectivity index (χ3n) is 4.77. The van der Waals surface area contributed by atoms with Crippen molar-refractivity contribution in [2.24, 2.45) is 5.92 Å². The number of carbonyl (C=O) groups excluding carboxylic acids is 1. The second kappa shape index (κ2) is 8.31. The molecule has 2 aromatic rings. The number of hydrogen-bond acceptors (Lipinski definition) is 4. The van der Waals surface area contributed by atoms with Crippen molar-refractivity contribution in [3.63, 3.8) is 0 Å². The van der Waals surface area contributed by atoms with Gasteiger partial charge in [0.25, 0.3) is 10.0 Å². The molecule has 1 aromatic heterocycles. The van der Waals surface area contributed by atoms with Crippen LogP contribution >= 0.6 is 22.9 Å². The first-order valence-electron chi connectivity index (χ1n) is 8.90. The number of amides is 1. The summed E-state index contributed by atoms with van der Waals surface area (Å²) in [6.45, 7) is 4.45. The highest BCUT2D eigenvalue weighted by Gasteiger charge is 2.34. The topological polar surface area (TPSA) is 66.5 Å². The number of aryl methyl sites for hydroxylation is 1. The van der Waals surface area contributed by atoms with Gasteiger partial charge in [-0.05, 0) is 56.5 Å². The van der Waals surface area contributed by atoms with E-state index in [0.29, 0.717) is 28.6 Å². The highest BCUT2D eigenvalue weighted by Crippen LogP contribution is 2.28. The van der Waals surface area contributed by atoms with Gasteiger partial charge in [0.15, 0.2) is 0 Å². The van der Waals surface area contributed by atoms with E-state index in [4.69, 9.17) is 11.6 Å². The molecule has 1 saturated heterocycles. The molecule has 1 aliphatic rings. The van der Waals surface area contributed by atoms with E-state index < -0.39 is 10.0 Å². The number of hydrogen-bond donors (Lipinski definition) is 1. The lowest BCUT2D eigenvalue weighted by molar-refractivity contribution is -0.126. The zero-order valence-corrected chi connectivity index (χ0v) is 17.7. The Balaban J connectivity index is 1.67. The van der Waals surface area contributed by atoms with Crippen LogP contribution in [0.1, 0.15) is 36.2 Å². The Morgan fingerprint density at radius 1 is 1.33 bits per heavy atom. The summed E-state index contributed by atoms with van der Waals surface area (Å²) in [5.74, 6) is -0.471. The van der Waals surface area contributed by atoms with Crippen molar-refractivity contribution >= 4 is 38.9 Å². The zero-order valence-electron chi connectivity index (χ0n) is 15.3. The molecule has 2 atom stereocenters. The summed E-state index contributed by atoms with van der Waals surface area (Å²) < 4.78 is 27.5. The first-order chi connectivity index (χ1) is 12.8. The van der Waals surface area contributed by atoms with Crippen LogP contribution in [0.25, 0.3) is 0 Å².